The number of nitrogens with one attached hydrogen (secondary N) is 1. The van der Waals surface area contributed by atoms with Gasteiger partial charge in [-0.15, -0.1) is 0 Å². The van der Waals surface area contributed by atoms with Gasteiger partial charge >= 0.3 is 15.6 Å². The van der Waals surface area contributed by atoms with Crippen molar-refractivity contribution in [2.24, 2.45) is 0 Å². The van der Waals surface area contributed by atoms with Gasteiger partial charge < -0.3 is 14.2 Å². The molecule has 12 heteroatoms. The molecule has 3 aromatic rings. The largest absolute Gasteiger partial charge is 0.534 e. The number of carbonyl (C=O) groups excluding carboxylic acids is 1. The second kappa shape index (κ2) is 8.35. The predicted octanol–water partition coefficient (Wildman–Crippen LogP) is 4.29. The third kappa shape index (κ3) is 4.42. The first kappa shape index (κ1) is 22.8. The molecule has 0 saturated carbocycles. The van der Waals surface area contributed by atoms with Crippen LogP contribution >= 0.6 is 0 Å². The van der Waals surface area contributed by atoms with E-state index in [1.54, 1.807) is 18.2 Å². The maximum Gasteiger partial charge on any atom is 0.534 e. The highest BCUT2D eigenvalue weighted by atomic mass is 32.2. The lowest BCUT2D eigenvalue weighted by molar-refractivity contribution is -0.0500. The predicted molar refractivity (Wildman–Crippen MR) is 108 cm³/mol. The fourth-order valence-electron chi connectivity index (χ4n) is 2.77. The Hall–Kier alpha value is -3.85. The second-order valence-corrected chi connectivity index (χ2v) is 7.96. The number of hydrogen-bond acceptors (Lipinski definition) is 8. The maximum atomic E-state index is 12.8. The molecule has 0 aliphatic rings. The van der Waals surface area contributed by atoms with E-state index in [-0.39, 0.29) is 33.7 Å². The summed E-state index contributed by atoms with van der Waals surface area (Å²) in [6, 6.07) is 10.4. The summed E-state index contributed by atoms with van der Waals surface area (Å²) in [4.78, 5) is 15.7. The first-order valence-corrected chi connectivity index (χ1v) is 10.2. The van der Waals surface area contributed by atoms with Crippen LogP contribution in [-0.4, -0.2) is 31.8 Å². The number of aromatic nitrogens is 1. The molecule has 0 fully saturated rings. The lowest BCUT2D eigenvalue weighted by atomic mass is 10.1. The van der Waals surface area contributed by atoms with Crippen LogP contribution in [0.4, 0.5) is 24.5 Å². The van der Waals surface area contributed by atoms with Gasteiger partial charge in [0.05, 0.1) is 23.9 Å². The molecule has 0 unspecified atom stereocenters. The summed E-state index contributed by atoms with van der Waals surface area (Å²) in [6.07, 6.45) is 1.23. The summed E-state index contributed by atoms with van der Waals surface area (Å²) in [5.41, 5.74) is -4.55. The van der Waals surface area contributed by atoms with Gasteiger partial charge in [-0.1, -0.05) is 12.1 Å². The topological polar surface area (TPSA) is 118 Å². The monoisotopic (exact) mass is 465 g/mol. The smallest absolute Gasteiger partial charge is 0.493 e. The van der Waals surface area contributed by atoms with E-state index in [1.165, 1.54) is 25.3 Å². The molecular formula is C20H14F3N3O5S. The van der Waals surface area contributed by atoms with Crippen LogP contribution < -0.4 is 14.2 Å². The molecule has 1 aromatic heterocycles. The molecule has 0 saturated heterocycles. The van der Waals surface area contributed by atoms with Crippen molar-refractivity contribution in [3.63, 3.8) is 0 Å². The van der Waals surface area contributed by atoms with Gasteiger partial charge in [0, 0.05) is 28.9 Å². The number of Topliss-reactive ketones (excluding diaryl/α,β-unsaturated/α-hetero) is 1. The number of ether oxygens (including phenoxy) is 1. The van der Waals surface area contributed by atoms with Gasteiger partial charge in [-0.3, -0.25) is 9.78 Å². The summed E-state index contributed by atoms with van der Waals surface area (Å²) in [5, 5.41) is 12.5. The highest BCUT2D eigenvalue weighted by Crippen LogP contribution is 2.39. The molecule has 2 aromatic carbocycles. The van der Waals surface area contributed by atoms with Crippen LogP contribution in [0.3, 0.4) is 0 Å². The quantitative estimate of drug-likeness (QED) is 0.325. The number of nitriles is 1. The zero-order chi connectivity index (χ0) is 23.7. The minimum atomic E-state index is -5.98. The van der Waals surface area contributed by atoms with E-state index in [2.05, 4.69) is 14.5 Å². The first-order valence-electron chi connectivity index (χ1n) is 8.76. The molecule has 0 bridgehead atoms. The van der Waals surface area contributed by atoms with Gasteiger partial charge in [0.15, 0.2) is 17.3 Å². The van der Waals surface area contributed by atoms with Gasteiger partial charge in [-0.05, 0) is 25.1 Å². The standard InChI is InChI=1S/C20H14F3N3O5S/c1-11(27)12-4-3-5-14(6-12)26-19-13(9-24)10-25-16-8-17(30-2)18(7-15(16)19)31-32(28,29)20(21,22)23/h3-8,10H,1-2H3,(H,25,26). The Morgan fingerprint density at radius 2 is 1.91 bits per heavy atom. The van der Waals surface area contributed by atoms with E-state index < -0.39 is 21.4 Å². The van der Waals surface area contributed by atoms with Crippen LogP contribution in [0, 0.1) is 11.3 Å². The molecule has 0 spiro atoms. The number of fused-ring (bicyclic) bond motifs is 1. The molecule has 1 N–H and O–H groups in total. The number of methoxy groups -OCH3 is 1. The van der Waals surface area contributed by atoms with E-state index in [4.69, 9.17) is 4.74 Å². The molecule has 0 aliphatic carbocycles. The summed E-state index contributed by atoms with van der Waals surface area (Å²) in [7, 11) is -4.86. The molecular weight excluding hydrogens is 451 g/mol. The molecule has 166 valence electrons. The highest BCUT2D eigenvalue weighted by Gasteiger charge is 2.49. The van der Waals surface area contributed by atoms with E-state index in [0.29, 0.717) is 11.3 Å². The van der Waals surface area contributed by atoms with Crippen LogP contribution in [0.25, 0.3) is 10.9 Å². The number of rotatable bonds is 6. The van der Waals surface area contributed by atoms with Crippen molar-refractivity contribution in [2.45, 2.75) is 12.4 Å². The van der Waals surface area contributed by atoms with Crippen molar-refractivity contribution in [3.05, 3.63) is 53.7 Å². The highest BCUT2D eigenvalue weighted by molar-refractivity contribution is 7.88. The number of nitrogens with zero attached hydrogens (tertiary/aromatic N) is 2. The molecule has 0 amide bonds. The van der Waals surface area contributed by atoms with Crippen molar-refractivity contribution in [1.29, 1.82) is 5.26 Å². The Bertz CT molecular complexity index is 1370. The average molecular weight is 465 g/mol. The normalized spacial score (nSPS) is 11.6. The lowest BCUT2D eigenvalue weighted by Crippen LogP contribution is -2.28. The van der Waals surface area contributed by atoms with Crippen molar-refractivity contribution in [1.82, 2.24) is 4.98 Å². The van der Waals surface area contributed by atoms with Gasteiger partial charge in [-0.25, -0.2) is 0 Å². The SMILES string of the molecule is COc1cc2ncc(C#N)c(Nc3cccc(C(C)=O)c3)c2cc1OS(=O)(=O)C(F)(F)F. The van der Waals surface area contributed by atoms with Gasteiger partial charge in [-0.2, -0.15) is 26.9 Å². The fraction of sp³-hybridized carbons (Fsp3) is 0.150. The number of anilines is 2. The van der Waals surface area contributed by atoms with Crippen LogP contribution in [0.5, 0.6) is 11.5 Å². The second-order valence-electron chi connectivity index (χ2n) is 6.42. The molecule has 3 rings (SSSR count). The zero-order valence-corrected chi connectivity index (χ0v) is 17.3. The number of hydrogen-bond donors (Lipinski definition) is 1. The van der Waals surface area contributed by atoms with Gasteiger partial charge in [0.1, 0.15) is 6.07 Å². The molecule has 0 atom stereocenters. The summed E-state index contributed by atoms with van der Waals surface area (Å²) in [6.45, 7) is 1.37. The minimum Gasteiger partial charge on any atom is -0.493 e. The van der Waals surface area contributed by atoms with Crippen LogP contribution in [-0.2, 0) is 10.1 Å². The van der Waals surface area contributed by atoms with E-state index in [0.717, 1.165) is 13.2 Å². The van der Waals surface area contributed by atoms with Crippen LogP contribution in [0.2, 0.25) is 0 Å². The number of pyridine rings is 1. The lowest BCUT2D eigenvalue weighted by Gasteiger charge is -2.16. The Balaban J connectivity index is 2.21. The van der Waals surface area contributed by atoms with Crippen LogP contribution in [0.1, 0.15) is 22.8 Å². The van der Waals surface area contributed by atoms with Gasteiger partial charge in [0.2, 0.25) is 0 Å². The Morgan fingerprint density at radius 1 is 1.19 bits per heavy atom. The number of halogens is 3. The summed E-state index contributed by atoms with van der Waals surface area (Å²) in [5.74, 6) is -1.26. The van der Waals surface area contributed by atoms with E-state index >= 15 is 0 Å². The maximum absolute atomic E-state index is 12.8. The molecule has 32 heavy (non-hydrogen) atoms. The summed E-state index contributed by atoms with van der Waals surface area (Å²) >= 11 is 0. The minimum absolute atomic E-state index is 0.0144. The fourth-order valence-corrected chi connectivity index (χ4v) is 3.23. The Kier molecular flexibility index (Phi) is 5.96. The van der Waals surface area contributed by atoms with E-state index in [9.17, 15) is 31.6 Å². The molecule has 1 heterocycles. The van der Waals surface area contributed by atoms with Crippen LogP contribution in [0.15, 0.2) is 42.6 Å². The third-order valence-electron chi connectivity index (χ3n) is 4.30. The van der Waals surface area contributed by atoms with Gasteiger partial charge in [0.25, 0.3) is 0 Å². The van der Waals surface area contributed by atoms with Crippen molar-refractivity contribution in [3.8, 4) is 17.6 Å². The Labute approximate surface area is 180 Å². The summed E-state index contributed by atoms with van der Waals surface area (Å²) < 4.78 is 70.7. The van der Waals surface area contributed by atoms with Crippen molar-refractivity contribution >= 4 is 38.2 Å². The zero-order valence-electron chi connectivity index (χ0n) is 16.5. The average Bonchev–Trinajstić information content (AvgIpc) is 2.72. The number of ketones is 1. The van der Waals surface area contributed by atoms with Crippen molar-refractivity contribution < 1.29 is 35.3 Å². The Morgan fingerprint density at radius 3 is 2.50 bits per heavy atom. The molecule has 0 aliphatic heterocycles. The third-order valence-corrected chi connectivity index (χ3v) is 5.26. The number of carbonyl (C=O) groups is 1. The number of benzene rings is 2. The van der Waals surface area contributed by atoms with Crippen molar-refractivity contribution in [2.75, 3.05) is 12.4 Å². The molecule has 8 nitrogen and oxygen atoms in total. The first-order chi connectivity index (χ1) is 15.0. The van der Waals surface area contributed by atoms with E-state index in [1.807, 2.05) is 6.07 Å². The molecule has 0 radical (unpaired) electrons. The number of alkyl halides is 3.